The van der Waals surface area contributed by atoms with Crippen molar-refractivity contribution in [3.63, 3.8) is 0 Å². The van der Waals surface area contributed by atoms with Gasteiger partial charge in [0.25, 0.3) is 5.56 Å². The summed E-state index contributed by atoms with van der Waals surface area (Å²) in [5, 5.41) is 13.9. The highest BCUT2D eigenvalue weighted by atomic mass is 16.3. The van der Waals surface area contributed by atoms with Gasteiger partial charge < -0.3 is 9.40 Å². The first-order valence-electron chi connectivity index (χ1n) is 11.8. The minimum Gasteiger partial charge on any atom is -0.468 e. The Labute approximate surface area is 192 Å². The maximum atomic E-state index is 13.0. The third-order valence-corrected chi connectivity index (χ3v) is 6.71. The van der Waals surface area contributed by atoms with Crippen LogP contribution in [0.25, 0.3) is 10.9 Å². The maximum Gasteiger partial charge on any atom is 0.252 e. The molecule has 0 bridgehead atoms. The molecule has 8 nitrogen and oxygen atoms in total. The highest BCUT2D eigenvalue weighted by molar-refractivity contribution is 5.79. The summed E-state index contributed by atoms with van der Waals surface area (Å²) in [7, 11) is 0. The largest absolute Gasteiger partial charge is 0.468 e. The van der Waals surface area contributed by atoms with Crippen LogP contribution in [0.4, 0.5) is 0 Å². The van der Waals surface area contributed by atoms with Gasteiger partial charge in [-0.15, -0.1) is 5.10 Å². The second-order valence-electron chi connectivity index (χ2n) is 9.04. The van der Waals surface area contributed by atoms with Gasteiger partial charge in [0.2, 0.25) is 0 Å². The van der Waals surface area contributed by atoms with Crippen LogP contribution in [0.2, 0.25) is 0 Å². The first-order valence-corrected chi connectivity index (χ1v) is 11.8. The molecule has 0 spiro atoms. The van der Waals surface area contributed by atoms with E-state index >= 15 is 0 Å². The van der Waals surface area contributed by atoms with Crippen LogP contribution in [0.15, 0.2) is 51.9 Å². The molecule has 0 radical (unpaired) electrons. The molecule has 3 aromatic heterocycles. The summed E-state index contributed by atoms with van der Waals surface area (Å²) in [6.07, 6.45) is 7.14. The number of aromatic amines is 1. The molecule has 1 saturated carbocycles. The lowest BCUT2D eigenvalue weighted by Gasteiger charge is -2.30. The van der Waals surface area contributed by atoms with E-state index in [0.29, 0.717) is 19.1 Å². The minimum absolute atomic E-state index is 0.0428. The van der Waals surface area contributed by atoms with Crippen LogP contribution in [-0.4, -0.2) is 30.1 Å². The fourth-order valence-corrected chi connectivity index (χ4v) is 5.01. The lowest BCUT2D eigenvalue weighted by atomic mass is 10.1. The Morgan fingerprint density at radius 2 is 2.06 bits per heavy atom. The second-order valence-corrected chi connectivity index (χ2v) is 9.04. The predicted molar refractivity (Wildman–Crippen MR) is 126 cm³/mol. The number of nitrogens with one attached hydrogen (secondary N) is 1. The smallest absolute Gasteiger partial charge is 0.252 e. The van der Waals surface area contributed by atoms with Crippen molar-refractivity contribution in [2.45, 2.75) is 71.1 Å². The number of aromatic nitrogens is 5. The summed E-state index contributed by atoms with van der Waals surface area (Å²) in [5.74, 6) is 1.71. The highest BCUT2D eigenvalue weighted by Crippen LogP contribution is 2.33. The van der Waals surface area contributed by atoms with Crippen LogP contribution in [0.3, 0.4) is 0 Å². The van der Waals surface area contributed by atoms with Crippen molar-refractivity contribution in [3.8, 4) is 0 Å². The fourth-order valence-electron chi connectivity index (χ4n) is 5.01. The molecule has 33 heavy (non-hydrogen) atoms. The quantitative estimate of drug-likeness (QED) is 0.422. The lowest BCUT2D eigenvalue weighted by molar-refractivity contribution is 0.146. The molecule has 1 atom stereocenters. The number of nitrogens with zero attached hydrogens (tertiary/aromatic N) is 5. The lowest BCUT2D eigenvalue weighted by Crippen LogP contribution is -2.32. The topological polar surface area (TPSA) is 92.8 Å². The number of fused-ring (bicyclic) bond motifs is 1. The molecule has 1 aliphatic carbocycles. The number of hydrogen-bond acceptors (Lipinski definition) is 6. The van der Waals surface area contributed by atoms with Gasteiger partial charge in [-0.2, -0.15) is 0 Å². The zero-order valence-electron chi connectivity index (χ0n) is 19.2. The van der Waals surface area contributed by atoms with Crippen LogP contribution in [0, 0.1) is 6.92 Å². The van der Waals surface area contributed by atoms with Crippen LogP contribution in [0.5, 0.6) is 0 Å². The average Bonchev–Trinajstić information content (AvgIpc) is 3.57. The summed E-state index contributed by atoms with van der Waals surface area (Å²) in [6.45, 7) is 5.20. The molecule has 1 aromatic carbocycles. The molecule has 0 amide bonds. The number of benzene rings is 1. The Morgan fingerprint density at radius 1 is 1.21 bits per heavy atom. The zero-order valence-corrected chi connectivity index (χ0v) is 19.2. The standard InChI is InChI=1S/C25H30N6O2/c1-3-23(24-27-28-29-31(24)20-7-4-5-8-20)30(16-21-9-6-12-33-21)15-19-14-18-11-10-17(2)13-22(18)26-25(19)32/h6,9-14,20,23H,3-5,7-8,15-16H2,1-2H3,(H,26,32)/t23-/m0/s1. The van der Waals surface area contributed by atoms with E-state index in [1.807, 2.05) is 35.9 Å². The average molecular weight is 447 g/mol. The molecular formula is C25H30N6O2. The maximum absolute atomic E-state index is 13.0. The van der Waals surface area contributed by atoms with Crippen molar-refractivity contribution in [2.24, 2.45) is 0 Å². The van der Waals surface area contributed by atoms with E-state index in [9.17, 15) is 4.79 Å². The van der Waals surface area contributed by atoms with E-state index in [2.05, 4.69) is 44.5 Å². The SMILES string of the molecule is CC[C@@H](c1nnnn1C1CCCC1)N(Cc1ccco1)Cc1cc2ccc(C)cc2[nH]c1=O. The van der Waals surface area contributed by atoms with Crippen molar-refractivity contribution in [1.82, 2.24) is 30.1 Å². The minimum atomic E-state index is -0.0669. The van der Waals surface area contributed by atoms with E-state index in [-0.39, 0.29) is 11.6 Å². The van der Waals surface area contributed by atoms with Crippen molar-refractivity contribution < 1.29 is 4.42 Å². The molecule has 5 rings (SSSR count). The van der Waals surface area contributed by atoms with Crippen LogP contribution in [0.1, 0.15) is 73.8 Å². The highest BCUT2D eigenvalue weighted by Gasteiger charge is 2.30. The number of pyridine rings is 1. The van der Waals surface area contributed by atoms with Crippen molar-refractivity contribution in [3.05, 3.63) is 75.7 Å². The van der Waals surface area contributed by atoms with Gasteiger partial charge in [0.15, 0.2) is 5.82 Å². The first-order chi connectivity index (χ1) is 16.1. The van der Waals surface area contributed by atoms with Crippen LogP contribution >= 0.6 is 0 Å². The van der Waals surface area contributed by atoms with Gasteiger partial charge in [-0.05, 0) is 71.8 Å². The normalized spacial score (nSPS) is 15.6. The molecule has 0 saturated heterocycles. The number of aryl methyl sites for hydroxylation is 1. The van der Waals surface area contributed by atoms with Crippen LogP contribution < -0.4 is 5.56 Å². The molecule has 4 aromatic rings. The van der Waals surface area contributed by atoms with Gasteiger partial charge in [-0.25, -0.2) is 4.68 Å². The molecular weight excluding hydrogens is 416 g/mol. The van der Waals surface area contributed by atoms with E-state index < -0.39 is 0 Å². The number of hydrogen-bond donors (Lipinski definition) is 1. The second kappa shape index (κ2) is 9.31. The Hall–Kier alpha value is -3.26. The summed E-state index contributed by atoms with van der Waals surface area (Å²) in [4.78, 5) is 18.3. The predicted octanol–water partition coefficient (Wildman–Crippen LogP) is 4.68. The molecule has 1 aliphatic rings. The van der Waals surface area contributed by atoms with Gasteiger partial charge in [0.05, 0.1) is 24.9 Å². The zero-order chi connectivity index (χ0) is 22.8. The van der Waals surface area contributed by atoms with Crippen molar-refractivity contribution in [2.75, 3.05) is 0 Å². The first kappa shape index (κ1) is 21.6. The summed E-state index contributed by atoms with van der Waals surface area (Å²) >= 11 is 0. The van der Waals surface area contributed by atoms with E-state index in [0.717, 1.165) is 52.9 Å². The molecule has 8 heteroatoms. The number of tetrazole rings is 1. The van der Waals surface area contributed by atoms with Gasteiger partial charge in [-0.3, -0.25) is 9.69 Å². The van der Waals surface area contributed by atoms with Gasteiger partial charge in [0.1, 0.15) is 5.76 Å². The molecule has 172 valence electrons. The third kappa shape index (κ3) is 4.48. The fraction of sp³-hybridized carbons (Fsp3) is 0.440. The van der Waals surface area contributed by atoms with Gasteiger partial charge >= 0.3 is 0 Å². The Morgan fingerprint density at radius 3 is 2.82 bits per heavy atom. The Balaban J connectivity index is 1.51. The molecule has 1 N–H and O–H groups in total. The number of rotatable bonds is 8. The van der Waals surface area contributed by atoms with E-state index in [4.69, 9.17) is 4.42 Å². The van der Waals surface area contributed by atoms with Gasteiger partial charge in [0, 0.05) is 17.6 Å². The van der Waals surface area contributed by atoms with Crippen molar-refractivity contribution in [1.29, 1.82) is 0 Å². The van der Waals surface area contributed by atoms with E-state index in [1.165, 1.54) is 12.8 Å². The molecule has 3 heterocycles. The summed E-state index contributed by atoms with van der Waals surface area (Å²) < 4.78 is 7.69. The summed E-state index contributed by atoms with van der Waals surface area (Å²) in [6, 6.07) is 12.3. The Bertz CT molecular complexity index is 1270. The molecule has 0 unspecified atom stereocenters. The molecule has 0 aliphatic heterocycles. The number of furan rings is 1. The Kier molecular flexibility index (Phi) is 6.09. The summed E-state index contributed by atoms with van der Waals surface area (Å²) in [5.41, 5.74) is 2.63. The monoisotopic (exact) mass is 446 g/mol. The van der Waals surface area contributed by atoms with Crippen LogP contribution in [-0.2, 0) is 13.1 Å². The third-order valence-electron chi connectivity index (χ3n) is 6.71. The number of H-pyrrole nitrogens is 1. The molecule has 1 fully saturated rings. The van der Waals surface area contributed by atoms with E-state index in [1.54, 1.807) is 6.26 Å². The van der Waals surface area contributed by atoms with Crippen molar-refractivity contribution >= 4 is 10.9 Å². The van der Waals surface area contributed by atoms with Gasteiger partial charge in [-0.1, -0.05) is 31.9 Å².